The molecule has 1 N–H and O–H groups in total. The molecule has 0 amide bonds. The number of rotatable bonds is 8. The molecule has 0 radical (unpaired) electrons. The van der Waals surface area contributed by atoms with Gasteiger partial charge in [0, 0.05) is 38.4 Å². The van der Waals surface area contributed by atoms with Crippen molar-refractivity contribution in [2.45, 2.75) is 25.2 Å². The summed E-state index contributed by atoms with van der Waals surface area (Å²) in [6.07, 6.45) is 0.740. The maximum Gasteiger partial charge on any atom is 0.240 e. The van der Waals surface area contributed by atoms with Crippen LogP contribution in [-0.4, -0.2) is 59.7 Å². The van der Waals surface area contributed by atoms with E-state index in [9.17, 15) is 12.8 Å². The summed E-state index contributed by atoms with van der Waals surface area (Å²) < 4.78 is 46.3. The van der Waals surface area contributed by atoms with E-state index < -0.39 is 10.0 Å². The third-order valence-corrected chi connectivity index (χ3v) is 6.90. The summed E-state index contributed by atoms with van der Waals surface area (Å²) in [6, 6.07) is 9.87. The molecule has 1 saturated heterocycles. The molecule has 0 aliphatic carbocycles. The van der Waals surface area contributed by atoms with Gasteiger partial charge in [0.05, 0.1) is 12.0 Å². The zero-order chi connectivity index (χ0) is 21.7. The van der Waals surface area contributed by atoms with Crippen LogP contribution in [0, 0.1) is 19.7 Å². The number of nitrogens with zero attached hydrogens (tertiary/aromatic N) is 2. The molecule has 2 aromatic carbocycles. The molecule has 1 fully saturated rings. The van der Waals surface area contributed by atoms with Gasteiger partial charge in [-0.2, -0.15) is 0 Å². The third-order valence-electron chi connectivity index (χ3n) is 5.46. The predicted molar refractivity (Wildman–Crippen MR) is 117 cm³/mol. The number of piperazine rings is 1. The first-order valence-corrected chi connectivity index (χ1v) is 11.7. The Morgan fingerprint density at radius 3 is 2.20 bits per heavy atom. The van der Waals surface area contributed by atoms with E-state index >= 15 is 0 Å². The van der Waals surface area contributed by atoms with Crippen LogP contribution < -0.4 is 14.4 Å². The topological polar surface area (TPSA) is 61.9 Å². The van der Waals surface area contributed by atoms with E-state index in [0.717, 1.165) is 56.0 Å². The number of hydrogen-bond donors (Lipinski definition) is 1. The van der Waals surface area contributed by atoms with Crippen LogP contribution in [0.1, 0.15) is 17.5 Å². The molecule has 2 aromatic rings. The van der Waals surface area contributed by atoms with Crippen molar-refractivity contribution >= 4 is 15.7 Å². The highest BCUT2D eigenvalue weighted by Crippen LogP contribution is 2.26. The fourth-order valence-electron chi connectivity index (χ4n) is 3.86. The quantitative estimate of drug-likeness (QED) is 0.646. The number of benzene rings is 2. The van der Waals surface area contributed by atoms with Crippen molar-refractivity contribution in [1.82, 2.24) is 9.62 Å². The van der Waals surface area contributed by atoms with Gasteiger partial charge >= 0.3 is 0 Å². The summed E-state index contributed by atoms with van der Waals surface area (Å²) in [6.45, 7) is 8.48. The first kappa shape index (κ1) is 22.5. The molecule has 3 rings (SSSR count). The van der Waals surface area contributed by atoms with Crippen LogP contribution >= 0.6 is 0 Å². The molecule has 0 unspecified atom stereocenters. The zero-order valence-corrected chi connectivity index (χ0v) is 18.6. The van der Waals surface area contributed by atoms with Crippen LogP contribution in [0.25, 0.3) is 0 Å². The average Bonchev–Trinajstić information content (AvgIpc) is 2.72. The van der Waals surface area contributed by atoms with Gasteiger partial charge in [-0.3, -0.25) is 4.90 Å². The van der Waals surface area contributed by atoms with Crippen molar-refractivity contribution in [3.63, 3.8) is 0 Å². The highest BCUT2D eigenvalue weighted by Gasteiger charge is 2.19. The molecule has 0 bridgehead atoms. The van der Waals surface area contributed by atoms with Crippen molar-refractivity contribution in [1.29, 1.82) is 0 Å². The highest BCUT2D eigenvalue weighted by molar-refractivity contribution is 7.89. The standard InChI is InChI=1S/C22H30FN3O3S/c1-17-15-21(16-18(2)22(17)29-3)30(27,28)24-9-4-10-25-11-13-26(14-12-25)20-7-5-19(23)6-8-20/h5-8,15-16,24H,4,9-14H2,1-3H3. The zero-order valence-electron chi connectivity index (χ0n) is 17.8. The van der Waals surface area contributed by atoms with E-state index in [4.69, 9.17) is 4.74 Å². The molecule has 1 aliphatic rings. The van der Waals surface area contributed by atoms with Crippen molar-refractivity contribution in [2.24, 2.45) is 0 Å². The van der Waals surface area contributed by atoms with E-state index in [1.807, 2.05) is 26.0 Å². The number of methoxy groups -OCH3 is 1. The number of sulfonamides is 1. The summed E-state index contributed by atoms with van der Waals surface area (Å²) in [5.41, 5.74) is 2.64. The van der Waals surface area contributed by atoms with Gasteiger partial charge in [0.25, 0.3) is 0 Å². The van der Waals surface area contributed by atoms with E-state index in [1.54, 1.807) is 19.2 Å². The van der Waals surface area contributed by atoms with Crippen molar-refractivity contribution in [2.75, 3.05) is 51.3 Å². The SMILES string of the molecule is COc1c(C)cc(S(=O)(=O)NCCCN2CCN(c3ccc(F)cc3)CC2)cc1C. The number of hydrogen-bond acceptors (Lipinski definition) is 5. The Kier molecular flexibility index (Phi) is 7.33. The minimum absolute atomic E-state index is 0.222. The summed E-state index contributed by atoms with van der Waals surface area (Å²) in [5.74, 6) is 0.494. The normalized spacial score (nSPS) is 15.4. The van der Waals surface area contributed by atoms with Crippen LogP contribution in [0.3, 0.4) is 0 Å². The molecule has 0 atom stereocenters. The maximum absolute atomic E-state index is 13.1. The first-order chi connectivity index (χ1) is 14.3. The fraction of sp³-hybridized carbons (Fsp3) is 0.455. The minimum atomic E-state index is -3.54. The Labute approximate surface area is 178 Å². The van der Waals surface area contributed by atoms with E-state index in [2.05, 4.69) is 14.5 Å². The number of ether oxygens (including phenoxy) is 1. The maximum atomic E-state index is 13.1. The molecule has 1 heterocycles. The van der Waals surface area contributed by atoms with E-state index in [0.29, 0.717) is 12.3 Å². The van der Waals surface area contributed by atoms with Crippen LogP contribution in [0.2, 0.25) is 0 Å². The number of nitrogens with one attached hydrogen (secondary N) is 1. The van der Waals surface area contributed by atoms with Gasteiger partial charge in [-0.1, -0.05) is 0 Å². The minimum Gasteiger partial charge on any atom is -0.496 e. The fourth-order valence-corrected chi connectivity index (χ4v) is 5.11. The number of anilines is 1. The Bertz CT molecular complexity index is 933. The predicted octanol–water partition coefficient (Wildman–Crippen LogP) is 2.94. The second kappa shape index (κ2) is 9.76. The molecule has 6 nitrogen and oxygen atoms in total. The monoisotopic (exact) mass is 435 g/mol. The van der Waals surface area contributed by atoms with Crippen LogP contribution in [-0.2, 0) is 10.0 Å². The smallest absolute Gasteiger partial charge is 0.240 e. The van der Waals surface area contributed by atoms with Crippen molar-refractivity contribution in [3.05, 3.63) is 53.3 Å². The van der Waals surface area contributed by atoms with Gasteiger partial charge in [0.1, 0.15) is 11.6 Å². The van der Waals surface area contributed by atoms with Crippen LogP contribution in [0.5, 0.6) is 5.75 Å². The van der Waals surface area contributed by atoms with Gasteiger partial charge in [-0.05, 0) is 74.3 Å². The summed E-state index contributed by atoms with van der Waals surface area (Å²) in [7, 11) is -1.96. The summed E-state index contributed by atoms with van der Waals surface area (Å²) >= 11 is 0. The van der Waals surface area contributed by atoms with Gasteiger partial charge in [-0.25, -0.2) is 17.5 Å². The van der Waals surface area contributed by atoms with Gasteiger partial charge < -0.3 is 9.64 Å². The summed E-state index contributed by atoms with van der Waals surface area (Å²) in [4.78, 5) is 4.84. The number of halogens is 1. The molecule has 30 heavy (non-hydrogen) atoms. The Hall–Kier alpha value is -2.16. The van der Waals surface area contributed by atoms with Gasteiger partial charge in [0.2, 0.25) is 10.0 Å². The molecular weight excluding hydrogens is 405 g/mol. The third kappa shape index (κ3) is 5.50. The number of aryl methyl sites for hydroxylation is 2. The Morgan fingerprint density at radius 2 is 1.63 bits per heavy atom. The molecule has 0 spiro atoms. The van der Waals surface area contributed by atoms with Crippen LogP contribution in [0.4, 0.5) is 10.1 Å². The lowest BCUT2D eigenvalue weighted by Crippen LogP contribution is -2.47. The van der Waals surface area contributed by atoms with Crippen molar-refractivity contribution in [3.8, 4) is 5.75 Å². The molecule has 1 aliphatic heterocycles. The van der Waals surface area contributed by atoms with Crippen LogP contribution in [0.15, 0.2) is 41.3 Å². The summed E-state index contributed by atoms with van der Waals surface area (Å²) in [5, 5.41) is 0. The second-order valence-electron chi connectivity index (χ2n) is 7.65. The molecule has 164 valence electrons. The molecule has 0 aromatic heterocycles. The van der Waals surface area contributed by atoms with E-state index in [1.165, 1.54) is 12.1 Å². The second-order valence-corrected chi connectivity index (χ2v) is 9.41. The van der Waals surface area contributed by atoms with Gasteiger partial charge in [0.15, 0.2) is 0 Å². The largest absolute Gasteiger partial charge is 0.496 e. The van der Waals surface area contributed by atoms with Crippen molar-refractivity contribution < 1.29 is 17.5 Å². The van der Waals surface area contributed by atoms with E-state index in [-0.39, 0.29) is 10.7 Å². The highest BCUT2D eigenvalue weighted by atomic mass is 32.2. The first-order valence-electron chi connectivity index (χ1n) is 10.2. The van der Waals surface area contributed by atoms with Gasteiger partial charge in [-0.15, -0.1) is 0 Å². The Morgan fingerprint density at radius 1 is 1.03 bits per heavy atom. The molecular formula is C22H30FN3O3S. The lowest BCUT2D eigenvalue weighted by atomic mass is 10.1. The lowest BCUT2D eigenvalue weighted by Gasteiger charge is -2.36. The Balaban J connectivity index is 1.44. The lowest BCUT2D eigenvalue weighted by molar-refractivity contribution is 0.255. The molecule has 0 saturated carbocycles. The average molecular weight is 436 g/mol. The molecule has 8 heteroatoms.